The van der Waals surface area contributed by atoms with Crippen LogP contribution >= 0.6 is 0 Å². The van der Waals surface area contributed by atoms with Gasteiger partial charge in [0.1, 0.15) is 0 Å². The Morgan fingerprint density at radius 2 is 1.88 bits per heavy atom. The Hall–Kier alpha value is -0.160. The van der Waals surface area contributed by atoms with Gasteiger partial charge in [-0.05, 0) is 31.6 Å². The lowest BCUT2D eigenvalue weighted by atomic mass is 9.80. The fourth-order valence-electron chi connectivity index (χ4n) is 3.39. The quantitative estimate of drug-likeness (QED) is 0.763. The molecule has 0 amide bonds. The average Bonchev–Trinajstić information content (AvgIpc) is 2.78. The molecule has 2 N–H and O–H groups in total. The summed E-state index contributed by atoms with van der Waals surface area (Å²) in [5, 5.41) is 0. The van der Waals surface area contributed by atoms with Crippen LogP contribution in [0, 0.1) is 5.92 Å². The normalized spacial score (nSPS) is 30.0. The van der Waals surface area contributed by atoms with Crippen LogP contribution in [0.15, 0.2) is 0 Å². The Morgan fingerprint density at radius 3 is 2.47 bits per heavy atom. The lowest BCUT2D eigenvalue weighted by Crippen LogP contribution is -2.49. The van der Waals surface area contributed by atoms with Crippen LogP contribution in [-0.2, 0) is 14.2 Å². The van der Waals surface area contributed by atoms with Crippen molar-refractivity contribution in [3.05, 3.63) is 0 Å². The van der Waals surface area contributed by atoms with E-state index in [0.717, 1.165) is 19.4 Å². The number of nitrogens with two attached hydrogens (primary N) is 1. The van der Waals surface area contributed by atoms with Gasteiger partial charge in [-0.2, -0.15) is 0 Å². The van der Waals surface area contributed by atoms with E-state index in [4.69, 9.17) is 19.9 Å². The van der Waals surface area contributed by atoms with E-state index in [9.17, 15) is 0 Å². The molecule has 4 nitrogen and oxygen atoms in total. The smallest absolute Gasteiger partial charge is 0.172 e. The molecular weight excluding hydrogens is 218 g/mol. The summed E-state index contributed by atoms with van der Waals surface area (Å²) >= 11 is 0. The van der Waals surface area contributed by atoms with E-state index in [1.54, 1.807) is 14.2 Å². The van der Waals surface area contributed by atoms with Crippen LogP contribution in [0.3, 0.4) is 0 Å². The first kappa shape index (κ1) is 13.3. The zero-order valence-corrected chi connectivity index (χ0v) is 11.0. The summed E-state index contributed by atoms with van der Waals surface area (Å²) in [6.07, 6.45) is 6.77. The minimum Gasteiger partial charge on any atom is -0.375 e. The highest BCUT2D eigenvalue weighted by Crippen LogP contribution is 2.43. The molecule has 1 aliphatic heterocycles. The lowest BCUT2D eigenvalue weighted by Gasteiger charge is -2.41. The summed E-state index contributed by atoms with van der Waals surface area (Å²) in [5.41, 5.74) is 6.38. The van der Waals surface area contributed by atoms with Crippen LogP contribution in [0.5, 0.6) is 0 Å². The van der Waals surface area contributed by atoms with Gasteiger partial charge in [-0.3, -0.25) is 0 Å². The molecule has 1 spiro atoms. The summed E-state index contributed by atoms with van der Waals surface area (Å²) < 4.78 is 16.6. The number of ether oxygens (including phenoxy) is 3. The fraction of sp³-hybridized carbons (Fsp3) is 1.00. The monoisotopic (exact) mass is 243 g/mol. The molecule has 1 heterocycles. The van der Waals surface area contributed by atoms with Crippen molar-refractivity contribution in [2.45, 2.75) is 56.5 Å². The lowest BCUT2D eigenvalue weighted by molar-refractivity contribution is -0.150. The van der Waals surface area contributed by atoms with Crippen LogP contribution in [0.4, 0.5) is 0 Å². The largest absolute Gasteiger partial charge is 0.375 e. The van der Waals surface area contributed by atoms with E-state index < -0.39 is 0 Å². The molecule has 0 aromatic carbocycles. The second-order valence-corrected chi connectivity index (χ2v) is 5.41. The predicted molar refractivity (Wildman–Crippen MR) is 65.7 cm³/mol. The Kier molecular flexibility index (Phi) is 4.42. The third-order valence-electron chi connectivity index (χ3n) is 4.37. The second kappa shape index (κ2) is 5.65. The van der Waals surface area contributed by atoms with E-state index in [2.05, 4.69) is 0 Å². The topological polar surface area (TPSA) is 53.7 Å². The van der Waals surface area contributed by atoms with Gasteiger partial charge in [0, 0.05) is 20.8 Å². The van der Waals surface area contributed by atoms with E-state index in [-0.39, 0.29) is 17.9 Å². The molecule has 100 valence electrons. The molecule has 1 aliphatic carbocycles. The van der Waals surface area contributed by atoms with Crippen LogP contribution in [0.1, 0.15) is 38.5 Å². The van der Waals surface area contributed by atoms with Crippen molar-refractivity contribution in [1.29, 1.82) is 0 Å². The standard InChI is InChI=1S/C13H25NO3/c1-15-12(16-2)11(14)10-5-8-17-13(9-10)6-3-4-7-13/h10-12H,3-9,14H2,1-2H3. The first-order chi connectivity index (χ1) is 8.21. The molecule has 2 unspecified atom stereocenters. The summed E-state index contributed by atoms with van der Waals surface area (Å²) in [5.74, 6) is 0.451. The van der Waals surface area contributed by atoms with E-state index in [0.29, 0.717) is 5.92 Å². The van der Waals surface area contributed by atoms with Gasteiger partial charge in [0.05, 0.1) is 11.6 Å². The molecule has 0 bridgehead atoms. The van der Waals surface area contributed by atoms with E-state index >= 15 is 0 Å². The summed E-state index contributed by atoms with van der Waals surface area (Å²) in [6, 6.07) is -0.0497. The highest BCUT2D eigenvalue weighted by atomic mass is 16.7. The molecule has 0 aromatic rings. The van der Waals surface area contributed by atoms with Crippen molar-refractivity contribution in [1.82, 2.24) is 0 Å². The summed E-state index contributed by atoms with van der Waals surface area (Å²) in [4.78, 5) is 0. The first-order valence-electron chi connectivity index (χ1n) is 6.66. The van der Waals surface area contributed by atoms with Gasteiger partial charge in [-0.1, -0.05) is 12.8 Å². The highest BCUT2D eigenvalue weighted by Gasteiger charge is 2.42. The zero-order chi connectivity index (χ0) is 12.3. The van der Waals surface area contributed by atoms with Gasteiger partial charge in [0.2, 0.25) is 0 Å². The van der Waals surface area contributed by atoms with Crippen LogP contribution in [0.25, 0.3) is 0 Å². The molecule has 2 fully saturated rings. The fourth-order valence-corrected chi connectivity index (χ4v) is 3.39. The average molecular weight is 243 g/mol. The van der Waals surface area contributed by atoms with Crippen molar-refractivity contribution in [2.75, 3.05) is 20.8 Å². The van der Waals surface area contributed by atoms with Crippen molar-refractivity contribution in [2.24, 2.45) is 11.7 Å². The maximum Gasteiger partial charge on any atom is 0.172 e. The molecular formula is C13H25NO3. The van der Waals surface area contributed by atoms with E-state index in [1.165, 1.54) is 25.7 Å². The van der Waals surface area contributed by atoms with Crippen LogP contribution in [-0.4, -0.2) is 38.8 Å². The molecule has 4 heteroatoms. The Balaban J connectivity index is 1.96. The van der Waals surface area contributed by atoms with Gasteiger partial charge in [-0.25, -0.2) is 0 Å². The number of hydrogen-bond donors (Lipinski definition) is 1. The second-order valence-electron chi connectivity index (χ2n) is 5.41. The molecule has 1 saturated carbocycles. The van der Waals surface area contributed by atoms with Gasteiger partial charge >= 0.3 is 0 Å². The first-order valence-corrected chi connectivity index (χ1v) is 6.66. The van der Waals surface area contributed by atoms with Crippen molar-refractivity contribution in [3.8, 4) is 0 Å². The number of hydrogen-bond acceptors (Lipinski definition) is 4. The summed E-state index contributed by atoms with van der Waals surface area (Å²) in [6.45, 7) is 0.832. The number of methoxy groups -OCH3 is 2. The van der Waals surface area contributed by atoms with Crippen molar-refractivity contribution < 1.29 is 14.2 Å². The zero-order valence-electron chi connectivity index (χ0n) is 11.0. The van der Waals surface area contributed by atoms with Gasteiger partial charge in [0.15, 0.2) is 6.29 Å². The minimum atomic E-state index is -0.295. The maximum atomic E-state index is 6.26. The molecule has 2 aliphatic rings. The van der Waals surface area contributed by atoms with Crippen LogP contribution in [0.2, 0.25) is 0 Å². The number of rotatable bonds is 4. The molecule has 2 rings (SSSR count). The predicted octanol–water partition coefficient (Wildman–Crippen LogP) is 1.67. The van der Waals surface area contributed by atoms with Gasteiger partial charge in [-0.15, -0.1) is 0 Å². The molecule has 1 saturated heterocycles. The Labute approximate surface area is 104 Å². The molecule has 17 heavy (non-hydrogen) atoms. The van der Waals surface area contributed by atoms with Crippen molar-refractivity contribution in [3.63, 3.8) is 0 Å². The van der Waals surface area contributed by atoms with Crippen molar-refractivity contribution >= 4 is 0 Å². The summed E-state index contributed by atoms with van der Waals surface area (Å²) in [7, 11) is 3.30. The minimum absolute atomic E-state index is 0.0497. The SMILES string of the molecule is COC(OC)C(N)C1CCOC2(CCCC2)C1. The van der Waals surface area contributed by atoms with Gasteiger partial charge < -0.3 is 19.9 Å². The highest BCUT2D eigenvalue weighted by molar-refractivity contribution is 4.94. The molecule has 0 radical (unpaired) electrons. The molecule has 2 atom stereocenters. The van der Waals surface area contributed by atoms with Gasteiger partial charge in [0.25, 0.3) is 0 Å². The van der Waals surface area contributed by atoms with Crippen LogP contribution < -0.4 is 5.73 Å². The third kappa shape index (κ3) is 2.81. The maximum absolute atomic E-state index is 6.26. The van der Waals surface area contributed by atoms with E-state index in [1.807, 2.05) is 0 Å². The Bertz CT molecular complexity index is 237. The molecule has 0 aromatic heterocycles. The Morgan fingerprint density at radius 1 is 1.24 bits per heavy atom. The third-order valence-corrected chi connectivity index (χ3v) is 4.37.